The lowest BCUT2D eigenvalue weighted by Gasteiger charge is -2.22. The SMILES string of the molecule is CCn1c(S[C@@H](C)C(=O)NC(C)(C)C)nnc1-c1ccccc1. The molecule has 1 amide bonds. The first kappa shape index (κ1) is 17.5. The van der Waals surface area contributed by atoms with Crippen LogP contribution >= 0.6 is 11.8 Å². The number of thioether (sulfide) groups is 1. The third-order valence-electron chi connectivity index (χ3n) is 3.21. The predicted octanol–water partition coefficient (Wildman–Crippen LogP) is 3.36. The van der Waals surface area contributed by atoms with Crippen molar-refractivity contribution in [3.63, 3.8) is 0 Å². The third kappa shape index (κ3) is 4.58. The Kier molecular flexibility index (Phi) is 5.46. The highest BCUT2D eigenvalue weighted by Gasteiger charge is 2.23. The van der Waals surface area contributed by atoms with Crippen molar-refractivity contribution in [2.75, 3.05) is 0 Å². The van der Waals surface area contributed by atoms with Gasteiger partial charge in [0.25, 0.3) is 0 Å². The molecule has 0 fully saturated rings. The number of hydrogen-bond acceptors (Lipinski definition) is 4. The number of nitrogens with one attached hydrogen (secondary N) is 1. The highest BCUT2D eigenvalue weighted by molar-refractivity contribution is 8.00. The number of carbonyl (C=O) groups excluding carboxylic acids is 1. The van der Waals surface area contributed by atoms with Crippen LogP contribution in [-0.2, 0) is 11.3 Å². The molecule has 6 heteroatoms. The van der Waals surface area contributed by atoms with E-state index in [0.717, 1.165) is 23.1 Å². The van der Waals surface area contributed by atoms with Crippen LogP contribution in [0, 0.1) is 0 Å². The second-order valence-electron chi connectivity index (χ2n) is 6.42. The molecule has 0 aliphatic carbocycles. The van der Waals surface area contributed by atoms with E-state index in [9.17, 15) is 4.79 Å². The molecule has 2 rings (SSSR count). The van der Waals surface area contributed by atoms with E-state index in [-0.39, 0.29) is 16.7 Å². The summed E-state index contributed by atoms with van der Waals surface area (Å²) in [6.45, 7) is 10.6. The minimum Gasteiger partial charge on any atom is -0.351 e. The van der Waals surface area contributed by atoms with Gasteiger partial charge in [-0.2, -0.15) is 0 Å². The van der Waals surface area contributed by atoms with Crippen molar-refractivity contribution in [1.29, 1.82) is 0 Å². The molecule has 1 atom stereocenters. The van der Waals surface area contributed by atoms with E-state index in [1.807, 2.05) is 62.6 Å². The topological polar surface area (TPSA) is 59.8 Å². The molecule has 0 aliphatic rings. The van der Waals surface area contributed by atoms with Crippen molar-refractivity contribution in [3.8, 4) is 11.4 Å². The Morgan fingerprint density at radius 1 is 1.26 bits per heavy atom. The van der Waals surface area contributed by atoms with E-state index in [4.69, 9.17) is 0 Å². The molecule has 124 valence electrons. The van der Waals surface area contributed by atoms with Gasteiger partial charge in [-0.25, -0.2) is 0 Å². The van der Waals surface area contributed by atoms with Crippen LogP contribution in [-0.4, -0.2) is 31.5 Å². The Morgan fingerprint density at radius 3 is 2.48 bits per heavy atom. The molecule has 1 aromatic carbocycles. The fourth-order valence-electron chi connectivity index (χ4n) is 2.14. The molecule has 0 spiro atoms. The van der Waals surface area contributed by atoms with Gasteiger partial charge in [-0.15, -0.1) is 10.2 Å². The van der Waals surface area contributed by atoms with Crippen molar-refractivity contribution < 1.29 is 4.79 Å². The molecule has 23 heavy (non-hydrogen) atoms. The van der Waals surface area contributed by atoms with Crippen LogP contribution in [0.2, 0.25) is 0 Å². The Hall–Kier alpha value is -1.82. The zero-order valence-corrected chi connectivity index (χ0v) is 15.1. The minimum atomic E-state index is -0.237. The number of rotatable bonds is 5. The fourth-order valence-corrected chi connectivity index (χ4v) is 3.06. The fraction of sp³-hybridized carbons (Fsp3) is 0.471. The zero-order chi connectivity index (χ0) is 17.0. The Balaban J connectivity index is 2.18. The number of carbonyl (C=O) groups is 1. The maximum Gasteiger partial charge on any atom is 0.233 e. The minimum absolute atomic E-state index is 0.00872. The lowest BCUT2D eigenvalue weighted by Crippen LogP contribution is -2.44. The number of amides is 1. The van der Waals surface area contributed by atoms with E-state index in [1.54, 1.807) is 0 Å². The van der Waals surface area contributed by atoms with Crippen LogP contribution in [0.1, 0.15) is 34.6 Å². The van der Waals surface area contributed by atoms with Gasteiger partial charge in [0.2, 0.25) is 5.91 Å². The van der Waals surface area contributed by atoms with Crippen molar-refractivity contribution in [1.82, 2.24) is 20.1 Å². The molecule has 0 unspecified atom stereocenters. The maximum atomic E-state index is 12.3. The van der Waals surface area contributed by atoms with Crippen LogP contribution in [0.4, 0.5) is 0 Å². The van der Waals surface area contributed by atoms with Gasteiger partial charge in [-0.1, -0.05) is 42.1 Å². The van der Waals surface area contributed by atoms with Gasteiger partial charge < -0.3 is 9.88 Å². The van der Waals surface area contributed by atoms with Gasteiger partial charge in [-0.3, -0.25) is 4.79 Å². The molecule has 0 radical (unpaired) electrons. The monoisotopic (exact) mass is 332 g/mol. The summed E-state index contributed by atoms with van der Waals surface area (Å²) >= 11 is 1.44. The molecule has 0 saturated heterocycles. The highest BCUT2D eigenvalue weighted by atomic mass is 32.2. The molecule has 1 N–H and O–H groups in total. The molecular weight excluding hydrogens is 308 g/mol. The summed E-state index contributed by atoms with van der Waals surface area (Å²) in [6.07, 6.45) is 0. The summed E-state index contributed by atoms with van der Waals surface area (Å²) < 4.78 is 2.04. The highest BCUT2D eigenvalue weighted by Crippen LogP contribution is 2.26. The quantitative estimate of drug-likeness (QED) is 0.853. The molecule has 1 aromatic heterocycles. The lowest BCUT2D eigenvalue weighted by atomic mass is 10.1. The first-order chi connectivity index (χ1) is 10.8. The molecule has 0 bridgehead atoms. The van der Waals surface area contributed by atoms with Gasteiger partial charge in [0.15, 0.2) is 11.0 Å². The van der Waals surface area contributed by atoms with Gasteiger partial charge in [0.1, 0.15) is 0 Å². The maximum absolute atomic E-state index is 12.3. The van der Waals surface area contributed by atoms with E-state index >= 15 is 0 Å². The first-order valence-electron chi connectivity index (χ1n) is 7.79. The van der Waals surface area contributed by atoms with Crippen LogP contribution in [0.3, 0.4) is 0 Å². The van der Waals surface area contributed by atoms with Crippen LogP contribution in [0.5, 0.6) is 0 Å². The summed E-state index contributed by atoms with van der Waals surface area (Å²) in [7, 11) is 0. The molecule has 5 nitrogen and oxygen atoms in total. The van der Waals surface area contributed by atoms with Gasteiger partial charge >= 0.3 is 0 Å². The number of hydrogen-bond donors (Lipinski definition) is 1. The van der Waals surface area contributed by atoms with Crippen molar-refractivity contribution in [2.45, 2.75) is 57.1 Å². The lowest BCUT2D eigenvalue weighted by molar-refractivity contribution is -0.121. The second-order valence-corrected chi connectivity index (χ2v) is 7.72. The van der Waals surface area contributed by atoms with Crippen molar-refractivity contribution in [2.24, 2.45) is 0 Å². The largest absolute Gasteiger partial charge is 0.351 e. The predicted molar refractivity (Wildman–Crippen MR) is 94.3 cm³/mol. The van der Waals surface area contributed by atoms with Crippen LogP contribution in [0.25, 0.3) is 11.4 Å². The standard InChI is InChI=1S/C17H24N4OS/c1-6-21-14(13-10-8-7-9-11-13)19-20-16(21)23-12(2)15(22)18-17(3,4)5/h7-12H,6H2,1-5H3,(H,18,22)/t12-/m0/s1. The molecule has 0 aliphatic heterocycles. The molecule has 1 heterocycles. The Labute approximate surface area is 141 Å². The van der Waals surface area contributed by atoms with E-state index in [1.165, 1.54) is 11.8 Å². The van der Waals surface area contributed by atoms with Crippen LogP contribution < -0.4 is 5.32 Å². The number of aromatic nitrogens is 3. The second kappa shape index (κ2) is 7.17. The van der Waals surface area contributed by atoms with E-state index in [2.05, 4.69) is 22.4 Å². The third-order valence-corrected chi connectivity index (χ3v) is 4.30. The van der Waals surface area contributed by atoms with Gasteiger partial charge in [-0.05, 0) is 34.6 Å². The molecule has 0 saturated carbocycles. The van der Waals surface area contributed by atoms with Crippen molar-refractivity contribution >= 4 is 17.7 Å². The van der Waals surface area contributed by atoms with Gasteiger partial charge in [0.05, 0.1) is 5.25 Å². The Morgan fingerprint density at radius 2 is 1.91 bits per heavy atom. The van der Waals surface area contributed by atoms with Crippen LogP contribution in [0.15, 0.2) is 35.5 Å². The normalized spacial score (nSPS) is 12.9. The summed E-state index contributed by atoms with van der Waals surface area (Å²) in [6, 6.07) is 9.97. The van der Waals surface area contributed by atoms with Crippen molar-refractivity contribution in [3.05, 3.63) is 30.3 Å². The average Bonchev–Trinajstić information content (AvgIpc) is 2.89. The van der Waals surface area contributed by atoms with Gasteiger partial charge in [0, 0.05) is 17.6 Å². The summed E-state index contributed by atoms with van der Waals surface area (Å²) in [5, 5.41) is 12.1. The Bertz CT molecular complexity index is 661. The molecular formula is C17H24N4OS. The average molecular weight is 332 g/mol. The summed E-state index contributed by atoms with van der Waals surface area (Å²) in [5.41, 5.74) is 0.792. The van der Waals surface area contributed by atoms with E-state index < -0.39 is 0 Å². The first-order valence-corrected chi connectivity index (χ1v) is 8.67. The molecule has 2 aromatic rings. The number of benzene rings is 1. The smallest absolute Gasteiger partial charge is 0.233 e. The van der Waals surface area contributed by atoms with E-state index in [0.29, 0.717) is 0 Å². The zero-order valence-electron chi connectivity index (χ0n) is 14.3. The number of nitrogens with zero attached hydrogens (tertiary/aromatic N) is 3. The summed E-state index contributed by atoms with van der Waals surface area (Å²) in [4.78, 5) is 12.3. The summed E-state index contributed by atoms with van der Waals surface area (Å²) in [5.74, 6) is 0.841.